The molecule has 2 aromatic rings. The van der Waals surface area contributed by atoms with Crippen LogP contribution in [0.4, 0.5) is 0 Å². The lowest BCUT2D eigenvalue weighted by molar-refractivity contribution is -0.136. The van der Waals surface area contributed by atoms with E-state index in [9.17, 15) is 9.59 Å². The predicted octanol–water partition coefficient (Wildman–Crippen LogP) is 1.67. The number of rotatable bonds is 5. The number of hydrogen-bond acceptors (Lipinski definition) is 4. The Balaban J connectivity index is 2.83. The number of aromatic nitrogens is 1. The van der Waals surface area contributed by atoms with Crippen LogP contribution >= 0.6 is 0 Å². The molecule has 0 aliphatic rings. The molecule has 6 heteroatoms. The van der Waals surface area contributed by atoms with Gasteiger partial charge in [0.15, 0.2) is 16.9 Å². The van der Waals surface area contributed by atoms with Crippen molar-refractivity contribution in [3.8, 4) is 11.5 Å². The van der Waals surface area contributed by atoms with Gasteiger partial charge in [-0.3, -0.25) is 9.59 Å². The van der Waals surface area contributed by atoms with Crippen molar-refractivity contribution in [3.63, 3.8) is 0 Å². The average molecular weight is 291 g/mol. The molecule has 21 heavy (non-hydrogen) atoms. The molecule has 0 spiro atoms. The van der Waals surface area contributed by atoms with E-state index in [1.165, 1.54) is 20.3 Å². The average Bonchev–Trinajstić information content (AvgIpc) is 2.45. The monoisotopic (exact) mass is 291 g/mol. The van der Waals surface area contributed by atoms with Crippen LogP contribution in [-0.4, -0.2) is 29.9 Å². The molecule has 6 nitrogen and oxygen atoms in total. The van der Waals surface area contributed by atoms with Gasteiger partial charge in [0.2, 0.25) is 0 Å². The van der Waals surface area contributed by atoms with Crippen molar-refractivity contribution < 1.29 is 19.4 Å². The Bertz CT molecular complexity index is 748. The lowest BCUT2D eigenvalue weighted by Gasteiger charge is -2.16. The molecular formula is C15H17NO5. The number of carboxylic acids is 1. The molecule has 0 saturated heterocycles. The highest BCUT2D eigenvalue weighted by Crippen LogP contribution is 2.31. The van der Waals surface area contributed by atoms with E-state index < -0.39 is 5.97 Å². The fraction of sp³-hybridized carbons (Fsp3) is 0.333. The predicted molar refractivity (Wildman–Crippen MR) is 78.3 cm³/mol. The van der Waals surface area contributed by atoms with E-state index in [4.69, 9.17) is 14.6 Å². The summed E-state index contributed by atoms with van der Waals surface area (Å²) in [5, 5.41) is 9.45. The molecule has 2 rings (SSSR count). The third-order valence-electron chi connectivity index (χ3n) is 3.35. The van der Waals surface area contributed by atoms with Gasteiger partial charge in [-0.1, -0.05) is 0 Å². The third-order valence-corrected chi connectivity index (χ3v) is 3.35. The molecule has 0 bridgehead atoms. The van der Waals surface area contributed by atoms with Crippen molar-refractivity contribution in [2.24, 2.45) is 0 Å². The lowest BCUT2D eigenvalue weighted by Crippen LogP contribution is -2.16. The lowest BCUT2D eigenvalue weighted by atomic mass is 10.1. The molecule has 1 aromatic carbocycles. The van der Waals surface area contributed by atoms with Crippen LogP contribution in [-0.2, 0) is 17.8 Å². The number of methoxy groups -OCH3 is 2. The molecule has 0 unspecified atom stereocenters. The largest absolute Gasteiger partial charge is 0.493 e. The summed E-state index contributed by atoms with van der Waals surface area (Å²) in [4.78, 5) is 23.2. The SMILES string of the molecule is CCn1c(CC(=O)O)cc(=O)c2cc(OC)c(OC)cc21. The Hall–Kier alpha value is -2.50. The first-order chi connectivity index (χ1) is 10.0. The zero-order valence-corrected chi connectivity index (χ0v) is 12.2. The van der Waals surface area contributed by atoms with Crippen LogP contribution in [0.3, 0.4) is 0 Å². The van der Waals surface area contributed by atoms with Crippen LogP contribution in [0, 0.1) is 0 Å². The molecule has 112 valence electrons. The third kappa shape index (κ3) is 2.69. The first kappa shape index (κ1) is 14.9. The van der Waals surface area contributed by atoms with E-state index >= 15 is 0 Å². The molecular weight excluding hydrogens is 274 g/mol. The van der Waals surface area contributed by atoms with Crippen molar-refractivity contribution in [1.82, 2.24) is 4.57 Å². The second-order valence-corrected chi connectivity index (χ2v) is 4.54. The Morgan fingerprint density at radius 3 is 2.33 bits per heavy atom. The maximum atomic E-state index is 12.2. The van der Waals surface area contributed by atoms with Crippen molar-refractivity contribution in [2.45, 2.75) is 19.9 Å². The summed E-state index contributed by atoms with van der Waals surface area (Å²) in [5.74, 6) is -0.00811. The van der Waals surface area contributed by atoms with Crippen molar-refractivity contribution in [2.75, 3.05) is 14.2 Å². The number of carbonyl (C=O) groups is 1. The molecule has 0 aliphatic heterocycles. The van der Waals surface area contributed by atoms with Gasteiger partial charge < -0.3 is 19.1 Å². The Morgan fingerprint density at radius 1 is 1.19 bits per heavy atom. The minimum Gasteiger partial charge on any atom is -0.493 e. The highest BCUT2D eigenvalue weighted by atomic mass is 16.5. The van der Waals surface area contributed by atoms with E-state index in [1.807, 2.05) is 6.92 Å². The zero-order valence-electron chi connectivity index (χ0n) is 12.2. The summed E-state index contributed by atoms with van der Waals surface area (Å²) >= 11 is 0. The summed E-state index contributed by atoms with van der Waals surface area (Å²) in [5.41, 5.74) is 0.875. The molecule has 0 fully saturated rings. The standard InChI is InChI=1S/C15H17NO5/c1-4-16-9(6-15(18)19)5-12(17)10-7-13(20-2)14(21-3)8-11(10)16/h5,7-8H,4,6H2,1-3H3,(H,18,19). The van der Waals surface area contributed by atoms with Crippen LogP contribution in [0.1, 0.15) is 12.6 Å². The number of ether oxygens (including phenoxy) is 2. The quantitative estimate of drug-likeness (QED) is 0.906. The van der Waals surface area contributed by atoms with E-state index in [1.54, 1.807) is 16.7 Å². The summed E-state index contributed by atoms with van der Waals surface area (Å²) in [6.45, 7) is 2.45. The smallest absolute Gasteiger partial charge is 0.309 e. The van der Waals surface area contributed by atoms with E-state index in [2.05, 4.69) is 0 Å². The van der Waals surface area contributed by atoms with Crippen molar-refractivity contribution in [3.05, 3.63) is 34.1 Å². The van der Waals surface area contributed by atoms with Gasteiger partial charge in [0, 0.05) is 29.8 Å². The van der Waals surface area contributed by atoms with Gasteiger partial charge in [0.05, 0.1) is 26.2 Å². The fourth-order valence-electron chi connectivity index (χ4n) is 2.43. The summed E-state index contributed by atoms with van der Waals surface area (Å²) in [7, 11) is 3.01. The molecule has 1 heterocycles. The van der Waals surface area contributed by atoms with Gasteiger partial charge in [-0.25, -0.2) is 0 Å². The summed E-state index contributed by atoms with van der Waals surface area (Å²) in [6.07, 6.45) is -0.201. The van der Waals surface area contributed by atoms with Gasteiger partial charge in [-0.2, -0.15) is 0 Å². The van der Waals surface area contributed by atoms with Crippen LogP contribution in [0.15, 0.2) is 23.0 Å². The van der Waals surface area contributed by atoms with Crippen LogP contribution < -0.4 is 14.9 Å². The second-order valence-electron chi connectivity index (χ2n) is 4.54. The van der Waals surface area contributed by atoms with Gasteiger partial charge in [0.25, 0.3) is 0 Å². The van der Waals surface area contributed by atoms with Gasteiger partial charge in [-0.05, 0) is 13.0 Å². The number of hydrogen-bond donors (Lipinski definition) is 1. The maximum absolute atomic E-state index is 12.2. The number of nitrogens with zero attached hydrogens (tertiary/aromatic N) is 1. The fourth-order valence-corrected chi connectivity index (χ4v) is 2.43. The number of aryl methyl sites for hydroxylation is 1. The Kier molecular flexibility index (Phi) is 4.16. The normalized spacial score (nSPS) is 10.6. The molecule has 0 saturated carbocycles. The van der Waals surface area contributed by atoms with E-state index in [-0.39, 0.29) is 11.8 Å². The summed E-state index contributed by atoms with van der Waals surface area (Å²) < 4.78 is 12.2. The second kappa shape index (κ2) is 5.87. The topological polar surface area (TPSA) is 77.8 Å². The molecule has 0 radical (unpaired) electrons. The summed E-state index contributed by atoms with van der Waals surface area (Å²) in [6, 6.07) is 4.68. The maximum Gasteiger partial charge on any atom is 0.309 e. The number of pyridine rings is 1. The Morgan fingerprint density at radius 2 is 1.81 bits per heavy atom. The number of carboxylic acid groups (broad SMARTS) is 1. The molecule has 1 N–H and O–H groups in total. The highest BCUT2D eigenvalue weighted by molar-refractivity contribution is 5.84. The number of fused-ring (bicyclic) bond motifs is 1. The van der Waals surface area contributed by atoms with Crippen LogP contribution in [0.2, 0.25) is 0 Å². The first-order valence-electron chi connectivity index (χ1n) is 6.52. The first-order valence-corrected chi connectivity index (χ1v) is 6.52. The number of benzene rings is 1. The molecule has 0 aliphatic carbocycles. The Labute approximate surface area is 121 Å². The van der Waals surface area contributed by atoms with Crippen molar-refractivity contribution >= 4 is 16.9 Å². The van der Waals surface area contributed by atoms with E-state index in [0.29, 0.717) is 34.6 Å². The molecule has 0 amide bonds. The van der Waals surface area contributed by atoms with Gasteiger partial charge >= 0.3 is 5.97 Å². The van der Waals surface area contributed by atoms with Crippen molar-refractivity contribution in [1.29, 1.82) is 0 Å². The van der Waals surface area contributed by atoms with E-state index in [0.717, 1.165) is 0 Å². The van der Waals surface area contributed by atoms with Crippen LogP contribution in [0.5, 0.6) is 11.5 Å². The number of aliphatic carboxylic acids is 1. The molecule has 0 atom stereocenters. The van der Waals surface area contributed by atoms with Gasteiger partial charge in [-0.15, -0.1) is 0 Å². The highest BCUT2D eigenvalue weighted by Gasteiger charge is 2.14. The minimum absolute atomic E-state index is 0.201. The molecule has 1 aromatic heterocycles. The zero-order chi connectivity index (χ0) is 15.6. The minimum atomic E-state index is -0.976. The van der Waals surface area contributed by atoms with Crippen LogP contribution in [0.25, 0.3) is 10.9 Å². The van der Waals surface area contributed by atoms with Gasteiger partial charge in [0.1, 0.15) is 0 Å².